The number of halogens is 1. The van der Waals surface area contributed by atoms with E-state index in [4.69, 9.17) is 0 Å². The van der Waals surface area contributed by atoms with Gasteiger partial charge in [0.1, 0.15) is 17.2 Å². The van der Waals surface area contributed by atoms with Gasteiger partial charge in [-0.3, -0.25) is 4.98 Å². The van der Waals surface area contributed by atoms with Gasteiger partial charge in [-0.1, -0.05) is 24.3 Å². The maximum absolute atomic E-state index is 14.0. The van der Waals surface area contributed by atoms with Crippen LogP contribution >= 0.6 is 11.3 Å². The van der Waals surface area contributed by atoms with E-state index in [9.17, 15) is 4.39 Å². The Balaban J connectivity index is 1.81. The largest absolute Gasteiger partial charge is 0.253 e. The molecule has 0 aliphatic rings. The molecular weight excluding hydrogens is 325 g/mol. The first-order valence-electron chi connectivity index (χ1n) is 7.29. The summed E-state index contributed by atoms with van der Waals surface area (Å²) >= 11 is 1.48. The molecule has 3 aromatic heterocycles. The van der Waals surface area contributed by atoms with Crippen LogP contribution < -0.4 is 0 Å². The zero-order valence-electron chi connectivity index (χ0n) is 12.5. The van der Waals surface area contributed by atoms with Crippen molar-refractivity contribution in [2.24, 2.45) is 0 Å². The molecule has 0 fully saturated rings. The second-order valence-electron chi connectivity index (χ2n) is 5.10. The Morgan fingerprint density at radius 1 is 1.00 bits per heavy atom. The minimum absolute atomic E-state index is 0.268. The molecule has 7 heteroatoms. The Labute approximate surface area is 141 Å². The maximum Gasteiger partial charge on any atom is 0.201 e. The second kappa shape index (κ2) is 6.29. The molecule has 0 aliphatic heterocycles. The van der Waals surface area contributed by atoms with Crippen molar-refractivity contribution in [2.75, 3.05) is 0 Å². The normalized spacial score (nSPS) is 10.9. The van der Waals surface area contributed by atoms with E-state index in [2.05, 4.69) is 20.1 Å². The maximum atomic E-state index is 14.0. The van der Waals surface area contributed by atoms with Crippen LogP contribution in [0.15, 0.2) is 59.6 Å². The highest BCUT2D eigenvalue weighted by atomic mass is 32.1. The van der Waals surface area contributed by atoms with Crippen LogP contribution in [0.25, 0.3) is 23.0 Å². The summed E-state index contributed by atoms with van der Waals surface area (Å²) in [5.41, 5.74) is 3.66. The van der Waals surface area contributed by atoms with Gasteiger partial charge in [-0.25, -0.2) is 19.0 Å². The number of hydrogen-bond donors (Lipinski definition) is 0. The second-order valence-corrected chi connectivity index (χ2v) is 5.82. The lowest BCUT2D eigenvalue weighted by molar-refractivity contribution is 0.587. The number of aromatic nitrogens is 5. The molecule has 0 bridgehead atoms. The molecule has 0 N–H and O–H groups in total. The van der Waals surface area contributed by atoms with Crippen LogP contribution in [0.1, 0.15) is 5.56 Å². The highest BCUT2D eigenvalue weighted by Gasteiger charge is 2.16. The third kappa shape index (κ3) is 2.81. The molecule has 0 aliphatic carbocycles. The fourth-order valence-electron chi connectivity index (χ4n) is 2.36. The van der Waals surface area contributed by atoms with Crippen molar-refractivity contribution in [3.63, 3.8) is 0 Å². The molecule has 0 radical (unpaired) electrons. The van der Waals surface area contributed by atoms with E-state index in [0.717, 1.165) is 0 Å². The molecule has 1 aromatic carbocycles. The monoisotopic (exact) mass is 337 g/mol. The first-order chi connectivity index (χ1) is 11.8. The molecule has 4 aromatic rings. The summed E-state index contributed by atoms with van der Waals surface area (Å²) in [6.45, 7) is 0.274. The van der Waals surface area contributed by atoms with E-state index in [-0.39, 0.29) is 12.4 Å². The van der Waals surface area contributed by atoms with Gasteiger partial charge in [-0.15, -0.1) is 16.4 Å². The van der Waals surface area contributed by atoms with E-state index in [1.54, 1.807) is 34.6 Å². The molecule has 0 unspecified atom stereocenters. The third-order valence-corrected chi connectivity index (χ3v) is 4.09. The Morgan fingerprint density at radius 2 is 1.88 bits per heavy atom. The molecular formula is C17H12FN5S. The van der Waals surface area contributed by atoms with E-state index in [0.29, 0.717) is 28.6 Å². The van der Waals surface area contributed by atoms with Crippen molar-refractivity contribution in [1.82, 2.24) is 24.7 Å². The van der Waals surface area contributed by atoms with Gasteiger partial charge in [0.2, 0.25) is 5.82 Å². The van der Waals surface area contributed by atoms with Gasteiger partial charge in [0.05, 0.1) is 12.1 Å². The fourth-order valence-corrected chi connectivity index (χ4v) is 2.89. The van der Waals surface area contributed by atoms with Crippen LogP contribution in [-0.4, -0.2) is 24.7 Å². The molecule has 118 valence electrons. The Kier molecular flexibility index (Phi) is 3.84. The van der Waals surface area contributed by atoms with Crippen LogP contribution in [0.2, 0.25) is 0 Å². The summed E-state index contributed by atoms with van der Waals surface area (Å²) in [7, 11) is 0. The standard InChI is InChI=1S/C17H12FN5S/c18-13-6-2-1-5-12(13)9-23-17(14-7-3-4-8-19-14)21-16(22-23)15-10-24-11-20-15/h1-8,10-11H,9H2. The molecule has 4 rings (SSSR count). The van der Waals surface area contributed by atoms with Gasteiger partial charge in [0.15, 0.2) is 5.82 Å². The number of thiazole rings is 1. The Bertz CT molecular complexity index is 950. The van der Waals surface area contributed by atoms with Crippen molar-refractivity contribution in [2.45, 2.75) is 6.54 Å². The summed E-state index contributed by atoms with van der Waals surface area (Å²) in [4.78, 5) is 13.1. The molecule has 0 spiro atoms. The predicted molar refractivity (Wildman–Crippen MR) is 89.9 cm³/mol. The summed E-state index contributed by atoms with van der Waals surface area (Å²) in [6.07, 6.45) is 1.69. The van der Waals surface area contributed by atoms with E-state index in [1.165, 1.54) is 17.4 Å². The van der Waals surface area contributed by atoms with Gasteiger partial charge in [-0.05, 0) is 18.2 Å². The zero-order valence-corrected chi connectivity index (χ0v) is 13.3. The SMILES string of the molecule is Fc1ccccc1Cn1nc(-c2cscn2)nc1-c1ccccn1. The molecule has 3 heterocycles. The first-order valence-corrected chi connectivity index (χ1v) is 8.24. The van der Waals surface area contributed by atoms with Crippen LogP contribution in [0.3, 0.4) is 0 Å². The van der Waals surface area contributed by atoms with Gasteiger partial charge < -0.3 is 0 Å². The highest BCUT2D eigenvalue weighted by Crippen LogP contribution is 2.22. The number of benzene rings is 1. The van der Waals surface area contributed by atoms with E-state index in [1.807, 2.05) is 23.6 Å². The van der Waals surface area contributed by atoms with Crippen molar-refractivity contribution < 1.29 is 4.39 Å². The summed E-state index contributed by atoms with van der Waals surface area (Å²) in [5, 5.41) is 6.39. The van der Waals surface area contributed by atoms with E-state index >= 15 is 0 Å². The first kappa shape index (κ1) is 14.6. The van der Waals surface area contributed by atoms with Gasteiger partial charge in [-0.2, -0.15) is 0 Å². The molecule has 0 saturated carbocycles. The fraction of sp³-hybridized carbons (Fsp3) is 0.0588. The van der Waals surface area contributed by atoms with E-state index < -0.39 is 0 Å². The minimum Gasteiger partial charge on any atom is -0.253 e. The Morgan fingerprint density at radius 3 is 2.62 bits per heavy atom. The summed E-state index contributed by atoms with van der Waals surface area (Å²) in [6, 6.07) is 12.2. The lowest BCUT2D eigenvalue weighted by Crippen LogP contribution is -2.06. The number of rotatable bonds is 4. The van der Waals surface area contributed by atoms with Crippen molar-refractivity contribution >= 4 is 11.3 Å². The summed E-state index contributed by atoms with van der Waals surface area (Å²) in [5.74, 6) is 0.824. The zero-order chi connectivity index (χ0) is 16.4. The molecule has 0 saturated heterocycles. The third-order valence-electron chi connectivity index (χ3n) is 3.51. The quantitative estimate of drug-likeness (QED) is 0.570. The average molecular weight is 337 g/mol. The van der Waals surface area contributed by atoms with Gasteiger partial charge >= 0.3 is 0 Å². The van der Waals surface area contributed by atoms with Crippen LogP contribution in [0.5, 0.6) is 0 Å². The van der Waals surface area contributed by atoms with Gasteiger partial charge in [0.25, 0.3) is 0 Å². The number of pyridine rings is 1. The van der Waals surface area contributed by atoms with Crippen LogP contribution in [0.4, 0.5) is 4.39 Å². The number of hydrogen-bond acceptors (Lipinski definition) is 5. The molecule has 0 atom stereocenters. The van der Waals surface area contributed by atoms with Crippen LogP contribution in [0, 0.1) is 5.82 Å². The highest BCUT2D eigenvalue weighted by molar-refractivity contribution is 7.07. The Hall–Kier alpha value is -2.93. The topological polar surface area (TPSA) is 56.5 Å². The molecule has 5 nitrogen and oxygen atoms in total. The van der Waals surface area contributed by atoms with Crippen molar-refractivity contribution in [1.29, 1.82) is 0 Å². The van der Waals surface area contributed by atoms with Crippen molar-refractivity contribution in [3.05, 3.63) is 70.9 Å². The molecule has 24 heavy (non-hydrogen) atoms. The average Bonchev–Trinajstić information content (AvgIpc) is 3.27. The lowest BCUT2D eigenvalue weighted by Gasteiger charge is -2.06. The van der Waals surface area contributed by atoms with Crippen LogP contribution in [-0.2, 0) is 6.54 Å². The lowest BCUT2D eigenvalue weighted by atomic mass is 10.2. The number of nitrogens with zero attached hydrogens (tertiary/aromatic N) is 5. The molecule has 0 amide bonds. The smallest absolute Gasteiger partial charge is 0.201 e. The van der Waals surface area contributed by atoms with Crippen molar-refractivity contribution in [3.8, 4) is 23.0 Å². The summed E-state index contributed by atoms with van der Waals surface area (Å²) < 4.78 is 15.7. The van der Waals surface area contributed by atoms with Gasteiger partial charge in [0, 0.05) is 17.1 Å². The minimum atomic E-state index is -0.268. The predicted octanol–water partition coefficient (Wildman–Crippen LogP) is 3.65.